The Bertz CT molecular complexity index is 382. The molecule has 0 heterocycles. The van der Waals surface area contributed by atoms with E-state index < -0.39 is 0 Å². The molecule has 1 aromatic carbocycles. The van der Waals surface area contributed by atoms with Crippen LogP contribution < -0.4 is 0 Å². The molecule has 0 aliphatic carbocycles. The maximum atomic E-state index is 2.49. The zero-order valence-electron chi connectivity index (χ0n) is 16.7. The molecule has 1 rings (SSSR count). The van der Waals surface area contributed by atoms with Crippen molar-refractivity contribution >= 4 is 15.2 Å². The molecule has 0 saturated heterocycles. The molecule has 0 N–H and O–H groups in total. The van der Waals surface area contributed by atoms with Crippen molar-refractivity contribution in [3.8, 4) is 0 Å². The Hall–Kier alpha value is -0.248. The molecule has 0 aliphatic heterocycles. The summed E-state index contributed by atoms with van der Waals surface area (Å²) in [5, 5.41) is 1.31. The van der Waals surface area contributed by atoms with E-state index in [0.29, 0.717) is 19.5 Å². The summed E-state index contributed by atoms with van der Waals surface area (Å²) in [5.74, 6) is 0. The summed E-state index contributed by atoms with van der Waals surface area (Å²) in [7, 11) is 0. The average molecular weight is 344 g/mol. The first kappa shape index (κ1) is 21.8. The van der Waals surface area contributed by atoms with E-state index in [1.165, 1.54) is 87.9 Å². The predicted octanol–water partition coefficient (Wildman–Crippen LogP) is 7.79. The Kier molecular flexibility index (Phi) is 12.7. The van der Waals surface area contributed by atoms with Crippen LogP contribution in [0.2, 0.25) is 4.28 Å². The molecule has 0 fully saturated rings. The molecule has 0 bridgehead atoms. The molecule has 0 saturated carbocycles. The molecule has 0 aliphatic rings. The van der Waals surface area contributed by atoms with Gasteiger partial charge in [-0.1, -0.05) is 13.3 Å². The fraction of sp³-hybridized carbons (Fsp3) is 0.739. The number of hydrogen-bond acceptors (Lipinski definition) is 0. The fourth-order valence-electron chi connectivity index (χ4n) is 3.36. The van der Waals surface area contributed by atoms with Gasteiger partial charge in [0.15, 0.2) is 0 Å². The fourth-order valence-corrected chi connectivity index (χ4v) is 4.82. The van der Waals surface area contributed by atoms with E-state index in [0.717, 1.165) is 0 Å². The van der Waals surface area contributed by atoms with Crippen LogP contribution in [0, 0.1) is 0 Å². The Balaban J connectivity index is 1.94. The second-order valence-electron chi connectivity index (χ2n) is 8.17. The molecule has 0 radical (unpaired) electrons. The third kappa shape index (κ3) is 12.2. The average Bonchev–Trinajstić information content (AvgIpc) is 2.59. The number of rotatable bonds is 15. The van der Waals surface area contributed by atoms with Crippen molar-refractivity contribution in [2.24, 2.45) is 0 Å². The van der Waals surface area contributed by atoms with Crippen molar-refractivity contribution in [2.75, 3.05) is 0 Å². The molecule has 0 amide bonds. The molecule has 0 spiro atoms. The van der Waals surface area contributed by atoms with Crippen LogP contribution in [0.15, 0.2) is 30.3 Å². The van der Waals surface area contributed by atoms with Gasteiger partial charge >= 0.3 is 145 Å². The van der Waals surface area contributed by atoms with Crippen molar-refractivity contribution in [1.82, 2.24) is 0 Å². The summed E-state index contributed by atoms with van der Waals surface area (Å²) in [5.41, 5.74) is 1.53. The van der Waals surface area contributed by atoms with E-state index in [4.69, 9.17) is 0 Å². The van der Waals surface area contributed by atoms with Gasteiger partial charge in [0, 0.05) is 0 Å². The van der Waals surface area contributed by atoms with Gasteiger partial charge < -0.3 is 0 Å². The van der Waals surface area contributed by atoms with E-state index >= 15 is 0 Å². The van der Waals surface area contributed by atoms with Crippen LogP contribution in [-0.4, -0.2) is 15.2 Å². The van der Waals surface area contributed by atoms with E-state index in [2.05, 4.69) is 51.1 Å². The summed E-state index contributed by atoms with van der Waals surface area (Å²) in [6.07, 6.45) is 17.3. The molecular weight excluding hydrogens is 303 g/mol. The molecule has 0 atom stereocenters. The van der Waals surface area contributed by atoms with Gasteiger partial charge in [0.05, 0.1) is 0 Å². The first-order chi connectivity index (χ1) is 11.6. The van der Waals surface area contributed by atoms with Crippen LogP contribution in [-0.2, 0) is 5.28 Å². The Labute approximate surface area is 158 Å². The third-order valence-corrected chi connectivity index (χ3v) is 7.23. The van der Waals surface area contributed by atoms with Gasteiger partial charge in [-0.25, -0.2) is 0 Å². The molecule has 0 nitrogen and oxygen atoms in total. The van der Waals surface area contributed by atoms with Crippen LogP contribution in [0.1, 0.15) is 103 Å². The van der Waals surface area contributed by atoms with Crippen molar-refractivity contribution in [3.05, 3.63) is 35.9 Å². The number of unbranched alkanes of at least 4 members (excludes halogenated alkanes) is 10. The summed E-state index contributed by atoms with van der Waals surface area (Å²) in [6.45, 7) is 7.27. The van der Waals surface area contributed by atoms with Crippen LogP contribution in [0.3, 0.4) is 0 Å². The van der Waals surface area contributed by atoms with Crippen LogP contribution in [0.5, 0.6) is 0 Å². The van der Waals surface area contributed by atoms with Crippen molar-refractivity contribution < 1.29 is 0 Å². The van der Waals surface area contributed by atoms with Gasteiger partial charge in [0.1, 0.15) is 0 Å². The Morgan fingerprint density at radius 1 is 0.708 bits per heavy atom. The normalized spacial score (nSPS) is 11.5. The Morgan fingerprint density at radius 2 is 1.21 bits per heavy atom. The standard InChI is InChI=1S/C16H33.C7H7.Al/c1-4-5-6-7-8-9-10-11-12-13-14-15-16(2)3;1-7-5-3-2-4-6-7;/h4-15H2,1-3H3;2-6H,1H2;/q;;+1. The SMILES string of the molecule is CCCCCCCCCCCCC[C](C)(C)[Al+][CH2]c1ccccc1. The first-order valence-corrected chi connectivity index (χ1v) is 11.9. The number of benzene rings is 1. The van der Waals surface area contributed by atoms with Gasteiger partial charge in [-0.2, -0.15) is 0 Å². The zero-order chi connectivity index (χ0) is 17.5. The summed E-state index contributed by atoms with van der Waals surface area (Å²) >= 11 is 0.515. The van der Waals surface area contributed by atoms with E-state index in [9.17, 15) is 0 Å². The van der Waals surface area contributed by atoms with Crippen molar-refractivity contribution in [1.29, 1.82) is 0 Å². The van der Waals surface area contributed by atoms with E-state index in [-0.39, 0.29) is 0 Å². The van der Waals surface area contributed by atoms with Crippen LogP contribution >= 0.6 is 0 Å². The second-order valence-corrected chi connectivity index (χ2v) is 10.5. The molecule has 1 aromatic rings. The molecule has 0 aromatic heterocycles. The zero-order valence-corrected chi connectivity index (χ0v) is 17.8. The van der Waals surface area contributed by atoms with Crippen molar-refractivity contribution in [2.45, 2.75) is 107 Å². The van der Waals surface area contributed by atoms with E-state index in [1.54, 1.807) is 0 Å². The van der Waals surface area contributed by atoms with Crippen molar-refractivity contribution in [3.63, 3.8) is 0 Å². The predicted molar refractivity (Wildman–Crippen MR) is 111 cm³/mol. The molecule has 24 heavy (non-hydrogen) atoms. The van der Waals surface area contributed by atoms with Gasteiger partial charge in [0.25, 0.3) is 0 Å². The summed E-state index contributed by atoms with van der Waals surface area (Å²) in [4.78, 5) is 0. The maximum absolute atomic E-state index is 2.49. The minimum absolute atomic E-state index is 0.515. The van der Waals surface area contributed by atoms with Gasteiger partial charge in [-0.15, -0.1) is 0 Å². The van der Waals surface area contributed by atoms with Gasteiger partial charge in [0.2, 0.25) is 0 Å². The molecule has 0 unspecified atom stereocenters. The van der Waals surface area contributed by atoms with Crippen LogP contribution in [0.25, 0.3) is 0 Å². The topological polar surface area (TPSA) is 0 Å². The monoisotopic (exact) mass is 343 g/mol. The quantitative estimate of drug-likeness (QED) is 0.225. The number of hydrogen-bond donors (Lipinski definition) is 0. The van der Waals surface area contributed by atoms with Gasteiger partial charge in [-0.05, 0) is 0 Å². The first-order valence-electron chi connectivity index (χ1n) is 10.5. The Morgan fingerprint density at radius 3 is 1.75 bits per heavy atom. The van der Waals surface area contributed by atoms with E-state index in [1.807, 2.05) is 0 Å². The minimum atomic E-state index is 0.515. The second kappa shape index (κ2) is 14.0. The molecule has 1 heteroatoms. The van der Waals surface area contributed by atoms with Crippen LogP contribution in [0.4, 0.5) is 0 Å². The molecular formula is C23H40Al+. The van der Waals surface area contributed by atoms with Gasteiger partial charge in [-0.3, -0.25) is 0 Å². The summed E-state index contributed by atoms with van der Waals surface area (Å²) < 4.78 is 0.578. The third-order valence-electron chi connectivity index (χ3n) is 5.16. The summed E-state index contributed by atoms with van der Waals surface area (Å²) in [6, 6.07) is 11.0. The molecule has 134 valence electrons.